The van der Waals surface area contributed by atoms with Crippen LogP contribution < -0.4 is 5.73 Å². The third-order valence-electron chi connectivity index (χ3n) is 2.47. The van der Waals surface area contributed by atoms with Crippen molar-refractivity contribution >= 4 is 23.6 Å². The second-order valence-electron chi connectivity index (χ2n) is 4.14. The summed E-state index contributed by atoms with van der Waals surface area (Å²) < 4.78 is 0. The summed E-state index contributed by atoms with van der Waals surface area (Å²) in [5, 5.41) is 6.60. The van der Waals surface area contributed by atoms with Crippen LogP contribution in [-0.4, -0.2) is 40.1 Å². The minimum absolute atomic E-state index is 0.0143. The number of likely N-dealkylation sites (N-methyl/N-ethyl adjacent to an activating group) is 1. The number of carbonyl (C=O) groups excluding carboxylic acids is 1. The highest BCUT2D eigenvalue weighted by atomic mass is 32.2. The average molecular weight is 277 g/mol. The van der Waals surface area contributed by atoms with Gasteiger partial charge in [-0.3, -0.25) is 4.79 Å². The van der Waals surface area contributed by atoms with E-state index in [0.29, 0.717) is 5.16 Å². The lowest BCUT2D eigenvalue weighted by atomic mass is 10.1. The molecular weight excluding hydrogens is 262 g/mol. The predicted molar refractivity (Wildman–Crippen MR) is 74.5 cm³/mol. The van der Waals surface area contributed by atoms with Gasteiger partial charge in [0.2, 0.25) is 17.0 Å². The minimum Gasteiger partial charge on any atom is -0.368 e. The molecule has 1 heterocycles. The van der Waals surface area contributed by atoms with Gasteiger partial charge in [-0.05, 0) is 5.56 Å². The summed E-state index contributed by atoms with van der Waals surface area (Å²) in [5.74, 6) is 0.228. The van der Waals surface area contributed by atoms with Gasteiger partial charge in [-0.2, -0.15) is 4.98 Å². The highest BCUT2D eigenvalue weighted by Gasteiger charge is 2.25. The molecule has 1 atom stereocenters. The van der Waals surface area contributed by atoms with Crippen LogP contribution in [0.3, 0.4) is 0 Å². The SMILES string of the molecule is CN(C)C(=O)[C@@H](Sc1n[nH]c(N)n1)c1ccccc1. The maximum atomic E-state index is 12.3. The summed E-state index contributed by atoms with van der Waals surface area (Å²) >= 11 is 1.27. The van der Waals surface area contributed by atoms with Crippen LogP contribution in [-0.2, 0) is 4.79 Å². The molecule has 0 saturated carbocycles. The number of nitrogens with zero attached hydrogens (tertiary/aromatic N) is 3. The zero-order valence-electron chi connectivity index (χ0n) is 10.7. The smallest absolute Gasteiger partial charge is 0.240 e. The number of hydrogen-bond donors (Lipinski definition) is 2. The van der Waals surface area contributed by atoms with Crippen LogP contribution in [0.15, 0.2) is 35.5 Å². The molecule has 0 aliphatic heterocycles. The Morgan fingerprint density at radius 2 is 2.05 bits per heavy atom. The average Bonchev–Trinajstić information content (AvgIpc) is 2.81. The number of aromatic nitrogens is 3. The van der Waals surface area contributed by atoms with Crippen LogP contribution in [0.2, 0.25) is 0 Å². The zero-order valence-corrected chi connectivity index (χ0v) is 11.5. The first kappa shape index (κ1) is 13.4. The van der Waals surface area contributed by atoms with Gasteiger partial charge in [-0.15, -0.1) is 5.10 Å². The Labute approximate surface area is 115 Å². The van der Waals surface area contributed by atoms with Gasteiger partial charge in [0, 0.05) is 14.1 Å². The summed E-state index contributed by atoms with van der Waals surface area (Å²) in [7, 11) is 3.45. The normalized spacial score (nSPS) is 12.1. The summed E-state index contributed by atoms with van der Waals surface area (Å²) in [4.78, 5) is 17.8. The number of carbonyl (C=O) groups is 1. The van der Waals surface area contributed by atoms with E-state index in [1.807, 2.05) is 30.3 Å². The number of benzene rings is 1. The molecular formula is C12H15N5OS. The van der Waals surface area contributed by atoms with E-state index in [0.717, 1.165) is 5.56 Å². The number of rotatable bonds is 4. The first-order valence-electron chi connectivity index (χ1n) is 5.68. The van der Waals surface area contributed by atoms with Gasteiger partial charge in [0.15, 0.2) is 0 Å². The van der Waals surface area contributed by atoms with Crippen molar-refractivity contribution in [3.05, 3.63) is 35.9 Å². The Kier molecular flexibility index (Phi) is 4.06. The number of anilines is 1. The van der Waals surface area contributed by atoms with Gasteiger partial charge in [-0.1, -0.05) is 42.1 Å². The first-order chi connectivity index (χ1) is 9.08. The van der Waals surface area contributed by atoms with Gasteiger partial charge in [0.1, 0.15) is 5.25 Å². The third-order valence-corrected chi connectivity index (χ3v) is 3.58. The van der Waals surface area contributed by atoms with Crippen molar-refractivity contribution in [1.29, 1.82) is 0 Å². The van der Waals surface area contributed by atoms with Crippen molar-refractivity contribution in [3.8, 4) is 0 Å². The third kappa shape index (κ3) is 3.25. The standard InChI is InChI=1S/C12H15N5OS/c1-17(2)10(18)9(8-6-4-3-5-7-8)19-12-14-11(13)15-16-12/h3-7,9H,1-2H3,(H3,13,14,15,16)/t9-/m0/s1. The van der Waals surface area contributed by atoms with Gasteiger partial charge in [-0.25, -0.2) is 5.10 Å². The van der Waals surface area contributed by atoms with E-state index >= 15 is 0 Å². The maximum Gasteiger partial charge on any atom is 0.240 e. The largest absolute Gasteiger partial charge is 0.368 e. The van der Waals surface area contributed by atoms with Crippen LogP contribution in [0.25, 0.3) is 0 Å². The molecule has 0 fully saturated rings. The van der Waals surface area contributed by atoms with Crippen molar-refractivity contribution < 1.29 is 4.79 Å². The molecule has 0 aliphatic rings. The van der Waals surface area contributed by atoms with E-state index in [-0.39, 0.29) is 17.1 Å². The molecule has 2 aromatic rings. The molecule has 0 radical (unpaired) electrons. The van der Waals surface area contributed by atoms with Crippen LogP contribution in [0, 0.1) is 0 Å². The fourth-order valence-corrected chi connectivity index (χ4v) is 2.60. The zero-order chi connectivity index (χ0) is 13.8. The molecule has 1 amide bonds. The summed E-state index contributed by atoms with van der Waals surface area (Å²) in [5.41, 5.74) is 6.40. The fraction of sp³-hybridized carbons (Fsp3) is 0.250. The Bertz CT molecular complexity index is 554. The van der Waals surface area contributed by atoms with Gasteiger partial charge >= 0.3 is 0 Å². The van der Waals surface area contributed by atoms with Gasteiger partial charge in [0.25, 0.3) is 0 Å². The number of H-pyrrole nitrogens is 1. The van der Waals surface area contributed by atoms with Crippen LogP contribution >= 0.6 is 11.8 Å². The first-order valence-corrected chi connectivity index (χ1v) is 6.56. The minimum atomic E-state index is -0.383. The van der Waals surface area contributed by atoms with Crippen molar-refractivity contribution in [1.82, 2.24) is 20.1 Å². The topological polar surface area (TPSA) is 87.9 Å². The number of thioether (sulfide) groups is 1. The molecule has 7 heteroatoms. The lowest BCUT2D eigenvalue weighted by Gasteiger charge is -2.19. The second-order valence-corrected chi connectivity index (χ2v) is 5.22. The number of amides is 1. The fourth-order valence-electron chi connectivity index (χ4n) is 1.54. The van der Waals surface area contributed by atoms with Crippen molar-refractivity contribution in [2.75, 3.05) is 19.8 Å². The second kappa shape index (κ2) is 5.75. The van der Waals surface area contributed by atoms with E-state index in [9.17, 15) is 4.79 Å². The van der Waals surface area contributed by atoms with Gasteiger partial charge in [0.05, 0.1) is 0 Å². The molecule has 0 bridgehead atoms. The van der Waals surface area contributed by atoms with E-state index in [1.54, 1.807) is 19.0 Å². The lowest BCUT2D eigenvalue weighted by Crippen LogP contribution is -2.26. The molecule has 3 N–H and O–H groups in total. The van der Waals surface area contributed by atoms with E-state index in [2.05, 4.69) is 15.2 Å². The molecule has 1 aromatic carbocycles. The van der Waals surface area contributed by atoms with Gasteiger partial charge < -0.3 is 10.6 Å². The Hall–Kier alpha value is -2.02. The summed E-state index contributed by atoms with van der Waals surface area (Å²) in [6.45, 7) is 0. The summed E-state index contributed by atoms with van der Waals surface area (Å²) in [6.07, 6.45) is 0. The molecule has 19 heavy (non-hydrogen) atoms. The predicted octanol–water partition coefficient (Wildman–Crippen LogP) is 1.31. The molecule has 6 nitrogen and oxygen atoms in total. The number of nitrogen functional groups attached to an aromatic ring is 1. The Morgan fingerprint density at radius 3 is 2.58 bits per heavy atom. The van der Waals surface area contributed by atoms with E-state index in [1.165, 1.54) is 11.8 Å². The monoisotopic (exact) mass is 277 g/mol. The highest BCUT2D eigenvalue weighted by Crippen LogP contribution is 2.34. The molecule has 2 rings (SSSR count). The maximum absolute atomic E-state index is 12.3. The molecule has 0 aliphatic carbocycles. The molecule has 1 aromatic heterocycles. The van der Waals surface area contributed by atoms with E-state index < -0.39 is 0 Å². The lowest BCUT2D eigenvalue weighted by molar-refractivity contribution is -0.128. The molecule has 0 unspecified atom stereocenters. The summed E-state index contributed by atoms with van der Waals surface area (Å²) in [6, 6.07) is 9.54. The van der Waals surface area contributed by atoms with Crippen molar-refractivity contribution in [2.24, 2.45) is 0 Å². The van der Waals surface area contributed by atoms with Crippen LogP contribution in [0.1, 0.15) is 10.8 Å². The van der Waals surface area contributed by atoms with Crippen LogP contribution in [0.4, 0.5) is 5.95 Å². The Morgan fingerprint density at radius 1 is 1.37 bits per heavy atom. The van der Waals surface area contributed by atoms with E-state index in [4.69, 9.17) is 5.73 Å². The molecule has 100 valence electrons. The van der Waals surface area contributed by atoms with Crippen LogP contribution in [0.5, 0.6) is 0 Å². The molecule has 0 saturated heterocycles. The quantitative estimate of drug-likeness (QED) is 0.823. The number of hydrogen-bond acceptors (Lipinski definition) is 5. The van der Waals surface area contributed by atoms with Crippen molar-refractivity contribution in [2.45, 2.75) is 10.4 Å². The number of aromatic amines is 1. The number of nitrogens with one attached hydrogen (secondary N) is 1. The Balaban J connectivity index is 2.27. The van der Waals surface area contributed by atoms with Crippen molar-refractivity contribution in [3.63, 3.8) is 0 Å². The molecule has 0 spiro atoms. The highest BCUT2D eigenvalue weighted by molar-refractivity contribution is 8.00. The number of nitrogens with two attached hydrogens (primary N) is 1.